The van der Waals surface area contributed by atoms with Gasteiger partial charge < -0.3 is 10.1 Å². The van der Waals surface area contributed by atoms with E-state index in [0.717, 1.165) is 30.0 Å². The molecule has 0 unspecified atom stereocenters. The van der Waals surface area contributed by atoms with Crippen molar-refractivity contribution in [1.29, 1.82) is 0 Å². The summed E-state index contributed by atoms with van der Waals surface area (Å²) in [5.41, 5.74) is 3.64. The first-order valence-corrected chi connectivity index (χ1v) is 11.8. The van der Waals surface area contributed by atoms with E-state index in [2.05, 4.69) is 22.3 Å². The van der Waals surface area contributed by atoms with Crippen LogP contribution in [-0.4, -0.2) is 35.7 Å². The van der Waals surface area contributed by atoms with Crippen molar-refractivity contribution in [2.45, 2.75) is 33.4 Å². The first kappa shape index (κ1) is 22.9. The van der Waals surface area contributed by atoms with E-state index in [1.807, 2.05) is 18.2 Å². The van der Waals surface area contributed by atoms with Gasteiger partial charge in [-0.1, -0.05) is 42.5 Å². The van der Waals surface area contributed by atoms with Gasteiger partial charge in [-0.05, 0) is 43.5 Å². The molecule has 0 saturated heterocycles. The molecule has 0 radical (unpaired) electrons. The minimum Gasteiger partial charge on any atom is -0.462 e. The van der Waals surface area contributed by atoms with Crippen LogP contribution in [0, 0.1) is 0 Å². The molecule has 1 aliphatic rings. The molecule has 1 aromatic heterocycles. The van der Waals surface area contributed by atoms with E-state index in [0.29, 0.717) is 28.2 Å². The average molecular weight is 463 g/mol. The lowest BCUT2D eigenvalue weighted by molar-refractivity contribution is 0.0526. The number of ether oxygens (including phenoxy) is 1. The number of nitrogens with one attached hydrogen (secondary N) is 1. The van der Waals surface area contributed by atoms with Gasteiger partial charge in [0.15, 0.2) is 5.78 Å². The number of carbonyl (C=O) groups is 3. The van der Waals surface area contributed by atoms with Crippen LogP contribution in [0.15, 0.2) is 54.6 Å². The lowest BCUT2D eigenvalue weighted by atomic mass is 10.0. The van der Waals surface area contributed by atoms with E-state index in [-0.39, 0.29) is 18.3 Å². The highest BCUT2D eigenvalue weighted by atomic mass is 32.1. The standard InChI is InChI=1S/C26H26N2O4S/c1-3-32-26(31)23-21-13-14-28(15-18-7-5-4-6-8-18)16-22(21)33-25(23)27-24(30)20-11-9-19(10-12-20)17(2)29/h4-12H,3,13-16H2,1-2H3,(H,27,30). The Morgan fingerprint density at radius 2 is 1.73 bits per heavy atom. The normalized spacial score (nSPS) is 13.3. The van der Waals surface area contributed by atoms with Crippen molar-refractivity contribution in [1.82, 2.24) is 4.90 Å². The lowest BCUT2D eigenvalue weighted by Gasteiger charge is -2.27. The minimum absolute atomic E-state index is 0.0578. The number of thiophene rings is 1. The maximum atomic E-state index is 12.9. The molecule has 2 heterocycles. The molecule has 6 nitrogen and oxygen atoms in total. The second kappa shape index (κ2) is 10.1. The summed E-state index contributed by atoms with van der Waals surface area (Å²) in [6, 6.07) is 16.8. The highest BCUT2D eigenvalue weighted by Gasteiger charge is 2.29. The van der Waals surface area contributed by atoms with Crippen molar-refractivity contribution in [3.8, 4) is 0 Å². The maximum absolute atomic E-state index is 12.9. The van der Waals surface area contributed by atoms with Gasteiger partial charge in [0.05, 0.1) is 12.2 Å². The Labute approximate surface area is 197 Å². The van der Waals surface area contributed by atoms with E-state index in [1.54, 1.807) is 31.2 Å². The highest BCUT2D eigenvalue weighted by Crippen LogP contribution is 2.38. The smallest absolute Gasteiger partial charge is 0.341 e. The number of hydrogen-bond donors (Lipinski definition) is 1. The molecule has 2 aromatic carbocycles. The molecule has 4 rings (SSSR count). The Morgan fingerprint density at radius 3 is 2.39 bits per heavy atom. The van der Waals surface area contributed by atoms with E-state index < -0.39 is 5.97 Å². The van der Waals surface area contributed by atoms with Crippen LogP contribution in [0.5, 0.6) is 0 Å². The molecule has 0 saturated carbocycles. The zero-order chi connectivity index (χ0) is 23.4. The summed E-state index contributed by atoms with van der Waals surface area (Å²) in [6.45, 7) is 5.89. The molecule has 1 N–H and O–H groups in total. The molecule has 7 heteroatoms. The van der Waals surface area contributed by atoms with E-state index >= 15 is 0 Å². The molecule has 0 bridgehead atoms. The van der Waals surface area contributed by atoms with Gasteiger partial charge in [0.1, 0.15) is 5.00 Å². The predicted molar refractivity (Wildman–Crippen MR) is 129 cm³/mol. The fourth-order valence-electron chi connectivity index (χ4n) is 3.97. The molecule has 1 aliphatic heterocycles. The Morgan fingerprint density at radius 1 is 1.03 bits per heavy atom. The van der Waals surface area contributed by atoms with Crippen molar-refractivity contribution in [3.63, 3.8) is 0 Å². The number of Topliss-reactive ketones (excluding diaryl/α,β-unsaturated/α-hetero) is 1. The third-order valence-corrected chi connectivity index (χ3v) is 6.78. The van der Waals surface area contributed by atoms with Crippen LogP contribution in [0.25, 0.3) is 0 Å². The number of hydrogen-bond acceptors (Lipinski definition) is 6. The van der Waals surface area contributed by atoms with Crippen molar-refractivity contribution < 1.29 is 19.1 Å². The quantitative estimate of drug-likeness (QED) is 0.398. The first-order chi connectivity index (χ1) is 16.0. The van der Waals surface area contributed by atoms with Crippen molar-refractivity contribution >= 4 is 34.0 Å². The first-order valence-electron chi connectivity index (χ1n) is 11.0. The summed E-state index contributed by atoms with van der Waals surface area (Å²) >= 11 is 1.43. The van der Waals surface area contributed by atoms with Crippen LogP contribution in [-0.2, 0) is 24.2 Å². The van der Waals surface area contributed by atoms with Crippen molar-refractivity contribution in [3.05, 3.63) is 87.3 Å². The van der Waals surface area contributed by atoms with Gasteiger partial charge in [0.25, 0.3) is 5.91 Å². The van der Waals surface area contributed by atoms with Crippen molar-refractivity contribution in [2.24, 2.45) is 0 Å². The molecule has 0 aliphatic carbocycles. The third-order valence-electron chi connectivity index (χ3n) is 5.65. The molecular weight excluding hydrogens is 436 g/mol. The largest absolute Gasteiger partial charge is 0.462 e. The fraction of sp³-hybridized carbons (Fsp3) is 0.269. The van der Waals surface area contributed by atoms with Gasteiger partial charge >= 0.3 is 5.97 Å². The molecule has 0 atom stereocenters. The lowest BCUT2D eigenvalue weighted by Crippen LogP contribution is -2.29. The van der Waals surface area contributed by atoms with Gasteiger partial charge in [-0.3, -0.25) is 14.5 Å². The van der Waals surface area contributed by atoms with Crippen LogP contribution in [0.2, 0.25) is 0 Å². The van der Waals surface area contributed by atoms with Gasteiger partial charge in [-0.2, -0.15) is 0 Å². The summed E-state index contributed by atoms with van der Waals surface area (Å²) < 4.78 is 5.31. The molecular formula is C26H26N2O4S. The molecule has 33 heavy (non-hydrogen) atoms. The zero-order valence-corrected chi connectivity index (χ0v) is 19.5. The van der Waals surface area contributed by atoms with Gasteiger partial charge in [-0.25, -0.2) is 4.79 Å². The van der Waals surface area contributed by atoms with Crippen LogP contribution in [0.4, 0.5) is 5.00 Å². The summed E-state index contributed by atoms with van der Waals surface area (Å²) in [5, 5.41) is 3.43. The number of nitrogens with zero attached hydrogens (tertiary/aromatic N) is 1. The Kier molecular flexibility index (Phi) is 7.01. The summed E-state index contributed by atoms with van der Waals surface area (Å²) in [7, 11) is 0. The number of rotatable bonds is 7. The summed E-state index contributed by atoms with van der Waals surface area (Å²) in [6.07, 6.45) is 0.718. The minimum atomic E-state index is -0.409. The van der Waals surface area contributed by atoms with Crippen LogP contribution in [0.3, 0.4) is 0 Å². The van der Waals surface area contributed by atoms with E-state index in [9.17, 15) is 14.4 Å². The molecule has 0 fully saturated rings. The number of anilines is 1. The fourth-order valence-corrected chi connectivity index (χ4v) is 5.25. The molecule has 3 aromatic rings. The Balaban J connectivity index is 1.58. The number of amides is 1. The van der Waals surface area contributed by atoms with Crippen LogP contribution < -0.4 is 5.32 Å². The molecule has 1 amide bonds. The van der Waals surface area contributed by atoms with Crippen LogP contribution in [0.1, 0.15) is 60.9 Å². The Bertz CT molecular complexity index is 1170. The average Bonchev–Trinajstić information content (AvgIpc) is 3.17. The van der Waals surface area contributed by atoms with E-state index in [1.165, 1.54) is 23.8 Å². The predicted octanol–water partition coefficient (Wildman–Crippen LogP) is 4.94. The van der Waals surface area contributed by atoms with Crippen molar-refractivity contribution in [2.75, 3.05) is 18.5 Å². The second-order valence-corrected chi connectivity index (χ2v) is 9.07. The number of carbonyl (C=O) groups excluding carboxylic acids is 3. The molecule has 0 spiro atoms. The summed E-state index contributed by atoms with van der Waals surface area (Å²) in [5.74, 6) is -0.790. The van der Waals surface area contributed by atoms with Crippen LogP contribution >= 0.6 is 11.3 Å². The monoisotopic (exact) mass is 462 g/mol. The number of benzene rings is 2. The SMILES string of the molecule is CCOC(=O)c1c(NC(=O)c2ccc(C(C)=O)cc2)sc2c1CCN(Cc1ccccc1)C2. The third kappa shape index (κ3) is 5.21. The van der Waals surface area contributed by atoms with Gasteiger partial charge in [0.2, 0.25) is 0 Å². The Hall–Kier alpha value is -3.29. The maximum Gasteiger partial charge on any atom is 0.341 e. The highest BCUT2D eigenvalue weighted by molar-refractivity contribution is 7.17. The van der Waals surface area contributed by atoms with Gasteiger partial charge in [0, 0.05) is 35.6 Å². The van der Waals surface area contributed by atoms with Gasteiger partial charge in [-0.15, -0.1) is 11.3 Å². The zero-order valence-electron chi connectivity index (χ0n) is 18.7. The number of esters is 1. The summed E-state index contributed by atoms with van der Waals surface area (Å²) in [4.78, 5) is 40.6. The topological polar surface area (TPSA) is 75.7 Å². The number of fused-ring (bicyclic) bond motifs is 1. The molecule has 170 valence electrons. The van der Waals surface area contributed by atoms with E-state index in [4.69, 9.17) is 4.74 Å². The second-order valence-electron chi connectivity index (χ2n) is 7.96. The number of ketones is 1.